The molecule has 0 aliphatic heterocycles. The lowest BCUT2D eigenvalue weighted by Gasteiger charge is -2.27. The quantitative estimate of drug-likeness (QED) is 0.149. The van der Waals surface area contributed by atoms with Gasteiger partial charge in [-0.3, -0.25) is 0 Å². The van der Waals surface area contributed by atoms with Gasteiger partial charge in [-0.15, -0.1) is 0 Å². The van der Waals surface area contributed by atoms with E-state index in [2.05, 4.69) is 241 Å². The van der Waals surface area contributed by atoms with E-state index in [1.807, 2.05) is 12.1 Å². The number of para-hydroxylation sites is 1. The summed E-state index contributed by atoms with van der Waals surface area (Å²) in [6.07, 6.45) is 0. The van der Waals surface area contributed by atoms with Crippen molar-refractivity contribution in [2.24, 2.45) is 0 Å². The van der Waals surface area contributed by atoms with Crippen LogP contribution in [0.2, 0.25) is 0 Å². The van der Waals surface area contributed by atoms with E-state index in [4.69, 9.17) is 4.42 Å². The molecule has 0 atom stereocenters. The fraction of sp³-hybridized carbons (Fsp3) is 0. The second kappa shape index (κ2) is 15.5. The molecule has 1 aromatic heterocycles. The van der Waals surface area contributed by atoms with Gasteiger partial charge in [-0.1, -0.05) is 194 Å². The van der Waals surface area contributed by atoms with E-state index in [1.54, 1.807) is 0 Å². The summed E-state index contributed by atoms with van der Waals surface area (Å²) >= 11 is 0. The summed E-state index contributed by atoms with van der Waals surface area (Å²) < 4.78 is 6.33. The lowest BCUT2D eigenvalue weighted by Crippen LogP contribution is -2.10. The van der Waals surface area contributed by atoms with Crippen LogP contribution in [0, 0.1) is 0 Å². The number of hydrogen-bond donors (Lipinski definition) is 0. The molecule has 0 saturated heterocycles. The number of rotatable bonds is 7. The Labute approximate surface area is 382 Å². The van der Waals surface area contributed by atoms with Crippen LogP contribution in [0.4, 0.5) is 17.1 Å². The molecule has 0 N–H and O–H groups in total. The molecule has 0 radical (unpaired) electrons. The Balaban J connectivity index is 0.903. The molecule has 0 saturated carbocycles. The predicted octanol–water partition coefficient (Wildman–Crippen LogP) is 18.3. The molecule has 13 rings (SSSR count). The molecule has 308 valence electrons. The number of furan rings is 1. The van der Waals surface area contributed by atoms with Gasteiger partial charge in [-0.05, 0) is 142 Å². The Morgan fingerprint density at radius 3 is 1.52 bits per heavy atom. The molecule has 0 aliphatic rings. The second-order valence-corrected chi connectivity index (χ2v) is 17.2. The van der Waals surface area contributed by atoms with Crippen molar-refractivity contribution < 1.29 is 4.42 Å². The van der Waals surface area contributed by atoms with Crippen molar-refractivity contribution in [2.45, 2.75) is 0 Å². The van der Waals surface area contributed by atoms with E-state index in [1.165, 1.54) is 70.9 Å². The van der Waals surface area contributed by atoms with E-state index in [0.717, 1.165) is 55.7 Å². The van der Waals surface area contributed by atoms with Crippen LogP contribution < -0.4 is 4.90 Å². The first-order chi connectivity index (χ1) is 32.7. The summed E-state index contributed by atoms with van der Waals surface area (Å²) in [6.45, 7) is 0. The summed E-state index contributed by atoms with van der Waals surface area (Å²) in [7, 11) is 0. The van der Waals surface area contributed by atoms with Crippen molar-refractivity contribution in [1.82, 2.24) is 0 Å². The minimum absolute atomic E-state index is 0.890. The van der Waals surface area contributed by atoms with Crippen LogP contribution in [0.3, 0.4) is 0 Å². The molecule has 1 heterocycles. The van der Waals surface area contributed by atoms with Gasteiger partial charge in [-0.25, -0.2) is 0 Å². The highest BCUT2D eigenvalue weighted by molar-refractivity contribution is 6.14. The SMILES string of the molecule is c1cc(-c2ccc3ccc4ccccc4c3c2)cc(N(c2ccc(-c3ccc(-c4cccc5c4ccc4ccccc45)cc3)cc2)c2cccc(-c3cccc4oc5ccccc5c34)c2)c1. The van der Waals surface area contributed by atoms with E-state index < -0.39 is 0 Å². The molecule has 12 aromatic carbocycles. The Morgan fingerprint density at radius 1 is 0.242 bits per heavy atom. The molecule has 0 amide bonds. The van der Waals surface area contributed by atoms with Gasteiger partial charge < -0.3 is 9.32 Å². The smallest absolute Gasteiger partial charge is 0.136 e. The van der Waals surface area contributed by atoms with Gasteiger partial charge in [0.2, 0.25) is 0 Å². The first kappa shape index (κ1) is 37.8. The molecule has 2 heteroatoms. The second-order valence-electron chi connectivity index (χ2n) is 17.2. The van der Waals surface area contributed by atoms with Gasteiger partial charge in [0.15, 0.2) is 0 Å². The van der Waals surface area contributed by atoms with Crippen molar-refractivity contribution in [3.05, 3.63) is 249 Å². The highest BCUT2D eigenvalue weighted by Gasteiger charge is 2.18. The molecule has 0 bridgehead atoms. The van der Waals surface area contributed by atoms with Gasteiger partial charge in [-0.2, -0.15) is 0 Å². The Kier molecular flexibility index (Phi) is 8.89. The van der Waals surface area contributed by atoms with Crippen molar-refractivity contribution >= 4 is 82.1 Å². The molecule has 13 aromatic rings. The average Bonchev–Trinajstić information content (AvgIpc) is 3.78. The summed E-state index contributed by atoms with van der Waals surface area (Å²) in [5, 5.41) is 12.4. The van der Waals surface area contributed by atoms with Gasteiger partial charge in [0.05, 0.1) is 0 Å². The third-order valence-corrected chi connectivity index (χ3v) is 13.4. The lowest BCUT2D eigenvalue weighted by molar-refractivity contribution is 0.669. The van der Waals surface area contributed by atoms with Crippen LogP contribution in [-0.2, 0) is 0 Å². The summed E-state index contributed by atoms with van der Waals surface area (Å²) in [4.78, 5) is 2.38. The standard InChI is InChI=1S/C64H41NO/c1-3-17-54-45(12-1)35-38-59-55(20-9-22-58(54)59)46-27-25-42(26-28-46)43-33-36-51(37-34-43)65(53-16-8-14-50(40-53)57-21-10-24-63-64(57)60-19-5-6-23-62(60)66-63)52-15-7-13-48(39-52)49-32-31-47-30-29-44-11-2-4-18-56(44)61(47)41-49/h1-41H. The van der Waals surface area contributed by atoms with Gasteiger partial charge in [0, 0.05) is 27.8 Å². The van der Waals surface area contributed by atoms with E-state index in [0.29, 0.717) is 0 Å². The van der Waals surface area contributed by atoms with Crippen LogP contribution >= 0.6 is 0 Å². The maximum Gasteiger partial charge on any atom is 0.136 e. The van der Waals surface area contributed by atoms with Gasteiger partial charge in [0.25, 0.3) is 0 Å². The molecule has 0 spiro atoms. The molecule has 0 aliphatic carbocycles. The molecule has 2 nitrogen and oxygen atoms in total. The number of fused-ring (bicyclic) bond motifs is 9. The van der Waals surface area contributed by atoms with Crippen molar-refractivity contribution in [2.75, 3.05) is 4.90 Å². The predicted molar refractivity (Wildman–Crippen MR) is 280 cm³/mol. The van der Waals surface area contributed by atoms with Crippen LogP contribution in [0.25, 0.3) is 110 Å². The average molecular weight is 840 g/mol. The normalized spacial score (nSPS) is 11.6. The topological polar surface area (TPSA) is 16.4 Å². The summed E-state index contributed by atoms with van der Waals surface area (Å²) in [6, 6.07) is 90.3. The zero-order valence-corrected chi connectivity index (χ0v) is 36.0. The van der Waals surface area contributed by atoms with Gasteiger partial charge in [0.1, 0.15) is 11.2 Å². The molecule has 66 heavy (non-hydrogen) atoms. The van der Waals surface area contributed by atoms with Crippen molar-refractivity contribution in [3.63, 3.8) is 0 Å². The number of anilines is 3. The lowest BCUT2D eigenvalue weighted by atomic mass is 9.93. The zero-order valence-electron chi connectivity index (χ0n) is 36.0. The molecular formula is C64H41NO. The Morgan fingerprint density at radius 2 is 0.742 bits per heavy atom. The third-order valence-electron chi connectivity index (χ3n) is 13.4. The number of nitrogens with zero attached hydrogens (tertiary/aromatic N) is 1. The third kappa shape index (κ3) is 6.42. The summed E-state index contributed by atoms with van der Waals surface area (Å²) in [5.74, 6) is 0. The van der Waals surface area contributed by atoms with E-state index in [9.17, 15) is 0 Å². The Hall–Kier alpha value is -8.72. The highest BCUT2D eigenvalue weighted by Crippen LogP contribution is 2.43. The first-order valence-corrected chi connectivity index (χ1v) is 22.6. The Bertz CT molecular complexity index is 3990. The van der Waals surface area contributed by atoms with E-state index >= 15 is 0 Å². The summed E-state index contributed by atoms with van der Waals surface area (Å²) in [5.41, 5.74) is 14.4. The number of benzene rings is 12. The fourth-order valence-corrected chi connectivity index (χ4v) is 10.2. The van der Waals surface area contributed by atoms with Crippen LogP contribution in [-0.4, -0.2) is 0 Å². The number of hydrogen-bond acceptors (Lipinski definition) is 2. The molecular weight excluding hydrogens is 799 g/mol. The zero-order chi connectivity index (χ0) is 43.6. The maximum atomic E-state index is 6.33. The monoisotopic (exact) mass is 839 g/mol. The van der Waals surface area contributed by atoms with Crippen molar-refractivity contribution in [1.29, 1.82) is 0 Å². The largest absolute Gasteiger partial charge is 0.456 e. The molecule has 0 fully saturated rings. The van der Waals surface area contributed by atoms with Crippen LogP contribution in [0.5, 0.6) is 0 Å². The van der Waals surface area contributed by atoms with Crippen molar-refractivity contribution in [3.8, 4) is 44.5 Å². The van der Waals surface area contributed by atoms with Gasteiger partial charge >= 0.3 is 0 Å². The maximum absolute atomic E-state index is 6.33. The fourth-order valence-electron chi connectivity index (χ4n) is 10.2. The highest BCUT2D eigenvalue weighted by atomic mass is 16.3. The minimum Gasteiger partial charge on any atom is -0.456 e. The molecule has 0 unspecified atom stereocenters. The first-order valence-electron chi connectivity index (χ1n) is 22.6. The van der Waals surface area contributed by atoms with E-state index in [-0.39, 0.29) is 0 Å². The van der Waals surface area contributed by atoms with Crippen LogP contribution in [0.1, 0.15) is 0 Å². The van der Waals surface area contributed by atoms with Crippen LogP contribution in [0.15, 0.2) is 253 Å². The minimum atomic E-state index is 0.890.